The minimum absolute atomic E-state index is 0.428. The first-order valence-electron chi connectivity index (χ1n) is 7.37. The van der Waals surface area contributed by atoms with Crippen molar-refractivity contribution in [3.8, 4) is 0 Å². The summed E-state index contributed by atoms with van der Waals surface area (Å²) in [6.45, 7) is 1.01. The smallest absolute Gasteiger partial charge is 0.0466 e. The number of hydrogen-bond acceptors (Lipinski definition) is 3. The van der Waals surface area contributed by atoms with Crippen LogP contribution in [0.5, 0.6) is 0 Å². The quantitative estimate of drug-likeness (QED) is 0.853. The summed E-state index contributed by atoms with van der Waals surface area (Å²) >= 11 is 0. The molecule has 1 aromatic rings. The normalized spacial score (nSPS) is 25.5. The highest BCUT2D eigenvalue weighted by Crippen LogP contribution is 2.20. The Kier molecular flexibility index (Phi) is 5.37. The molecule has 3 N–H and O–H groups in total. The first-order chi connectivity index (χ1) is 9.16. The molecule has 0 aliphatic heterocycles. The second-order valence-corrected chi connectivity index (χ2v) is 5.91. The van der Waals surface area contributed by atoms with Crippen LogP contribution in [-0.2, 0) is 0 Å². The lowest BCUT2D eigenvalue weighted by Gasteiger charge is -2.31. The fourth-order valence-corrected chi connectivity index (χ4v) is 2.88. The van der Waals surface area contributed by atoms with Gasteiger partial charge in [0.05, 0.1) is 0 Å². The number of nitrogens with one attached hydrogen (secondary N) is 1. The monoisotopic (exact) mass is 261 g/mol. The van der Waals surface area contributed by atoms with Gasteiger partial charge >= 0.3 is 0 Å². The van der Waals surface area contributed by atoms with Gasteiger partial charge in [0, 0.05) is 24.7 Å². The Morgan fingerprint density at radius 3 is 2.37 bits per heavy atom. The molecule has 1 aliphatic rings. The third kappa shape index (κ3) is 4.30. The van der Waals surface area contributed by atoms with E-state index in [0.717, 1.165) is 19.4 Å². The molecule has 0 bridgehead atoms. The maximum absolute atomic E-state index is 5.96. The highest BCUT2D eigenvalue weighted by atomic mass is 15.1. The standard InChI is InChI=1S/C16H27N3/c1-19(2)16(13-6-4-3-5-7-13)12-18-15-10-8-14(17)9-11-15/h3-7,14-16,18H,8-12,17H2,1-2H3. The Labute approximate surface area is 117 Å². The Morgan fingerprint density at radius 2 is 1.79 bits per heavy atom. The van der Waals surface area contributed by atoms with Crippen molar-refractivity contribution in [1.29, 1.82) is 0 Å². The summed E-state index contributed by atoms with van der Waals surface area (Å²) in [5.74, 6) is 0. The van der Waals surface area contributed by atoms with Gasteiger partial charge in [0.25, 0.3) is 0 Å². The first-order valence-corrected chi connectivity index (χ1v) is 7.37. The van der Waals surface area contributed by atoms with E-state index < -0.39 is 0 Å². The van der Waals surface area contributed by atoms with Gasteiger partial charge in [-0.25, -0.2) is 0 Å². The Balaban J connectivity index is 1.88. The number of nitrogens with two attached hydrogens (primary N) is 1. The molecule has 1 atom stereocenters. The van der Waals surface area contributed by atoms with Gasteiger partial charge in [-0.1, -0.05) is 30.3 Å². The lowest BCUT2D eigenvalue weighted by Crippen LogP contribution is -2.41. The highest BCUT2D eigenvalue weighted by molar-refractivity contribution is 5.19. The third-order valence-corrected chi connectivity index (χ3v) is 4.18. The molecule has 0 heterocycles. The fraction of sp³-hybridized carbons (Fsp3) is 0.625. The summed E-state index contributed by atoms with van der Waals surface area (Å²) in [4.78, 5) is 2.29. The molecular formula is C16H27N3. The number of likely N-dealkylation sites (N-methyl/N-ethyl adjacent to an activating group) is 1. The molecule has 1 saturated carbocycles. The van der Waals surface area contributed by atoms with Crippen LogP contribution in [0.2, 0.25) is 0 Å². The van der Waals surface area contributed by atoms with E-state index in [1.165, 1.54) is 18.4 Å². The molecule has 1 fully saturated rings. The summed E-state index contributed by atoms with van der Waals surface area (Å²) in [6, 6.07) is 12.2. The number of hydrogen-bond donors (Lipinski definition) is 2. The zero-order valence-electron chi connectivity index (χ0n) is 12.2. The van der Waals surface area contributed by atoms with Crippen molar-refractivity contribution in [2.24, 2.45) is 5.73 Å². The van der Waals surface area contributed by atoms with Crippen LogP contribution in [0.4, 0.5) is 0 Å². The van der Waals surface area contributed by atoms with Crippen LogP contribution >= 0.6 is 0 Å². The zero-order valence-corrected chi connectivity index (χ0v) is 12.2. The van der Waals surface area contributed by atoms with E-state index in [9.17, 15) is 0 Å². The summed E-state index contributed by atoms with van der Waals surface area (Å²) in [5, 5.41) is 3.72. The van der Waals surface area contributed by atoms with Crippen molar-refractivity contribution in [2.75, 3.05) is 20.6 Å². The first kappa shape index (κ1) is 14.5. The van der Waals surface area contributed by atoms with Gasteiger partial charge in [-0.3, -0.25) is 0 Å². The van der Waals surface area contributed by atoms with Crippen LogP contribution in [0.25, 0.3) is 0 Å². The average molecular weight is 261 g/mol. The van der Waals surface area contributed by atoms with Gasteiger partial charge in [0.2, 0.25) is 0 Å². The Morgan fingerprint density at radius 1 is 1.16 bits per heavy atom. The fourth-order valence-electron chi connectivity index (χ4n) is 2.88. The van der Waals surface area contributed by atoms with Crippen LogP contribution in [0.3, 0.4) is 0 Å². The molecule has 1 unspecified atom stereocenters. The van der Waals surface area contributed by atoms with E-state index in [4.69, 9.17) is 5.73 Å². The van der Waals surface area contributed by atoms with Gasteiger partial charge in [-0.15, -0.1) is 0 Å². The minimum Gasteiger partial charge on any atom is -0.328 e. The van der Waals surface area contributed by atoms with E-state index in [1.807, 2.05) is 0 Å². The van der Waals surface area contributed by atoms with E-state index in [-0.39, 0.29) is 0 Å². The van der Waals surface area contributed by atoms with Gasteiger partial charge in [0.15, 0.2) is 0 Å². The van der Waals surface area contributed by atoms with Crippen LogP contribution < -0.4 is 11.1 Å². The van der Waals surface area contributed by atoms with Crippen molar-refractivity contribution >= 4 is 0 Å². The number of benzene rings is 1. The lowest BCUT2D eigenvalue weighted by molar-refractivity contribution is 0.260. The topological polar surface area (TPSA) is 41.3 Å². The summed E-state index contributed by atoms with van der Waals surface area (Å²) in [7, 11) is 4.30. The van der Waals surface area contributed by atoms with Gasteiger partial charge in [-0.05, 0) is 45.3 Å². The van der Waals surface area contributed by atoms with Crippen molar-refractivity contribution in [3.63, 3.8) is 0 Å². The SMILES string of the molecule is CN(C)C(CNC1CCC(N)CC1)c1ccccc1. The predicted octanol–water partition coefficient (Wildman–Crippen LogP) is 2.15. The van der Waals surface area contributed by atoms with Crippen molar-refractivity contribution in [2.45, 2.75) is 43.8 Å². The molecule has 0 spiro atoms. The number of nitrogens with zero attached hydrogens (tertiary/aromatic N) is 1. The molecule has 0 aromatic heterocycles. The summed E-state index contributed by atoms with van der Waals surface area (Å²) in [6.07, 6.45) is 4.76. The van der Waals surface area contributed by atoms with E-state index in [0.29, 0.717) is 18.1 Å². The largest absolute Gasteiger partial charge is 0.328 e. The molecule has 3 heteroatoms. The average Bonchev–Trinajstić information content (AvgIpc) is 2.42. The van der Waals surface area contributed by atoms with Gasteiger partial charge in [0.1, 0.15) is 0 Å². The molecule has 0 radical (unpaired) electrons. The van der Waals surface area contributed by atoms with Crippen LogP contribution in [-0.4, -0.2) is 37.6 Å². The summed E-state index contributed by atoms with van der Waals surface area (Å²) < 4.78 is 0. The molecule has 2 rings (SSSR count). The van der Waals surface area contributed by atoms with E-state index in [2.05, 4.69) is 54.6 Å². The number of rotatable bonds is 5. The van der Waals surface area contributed by atoms with Crippen LogP contribution in [0.15, 0.2) is 30.3 Å². The predicted molar refractivity (Wildman–Crippen MR) is 81.1 cm³/mol. The van der Waals surface area contributed by atoms with Crippen molar-refractivity contribution in [1.82, 2.24) is 10.2 Å². The van der Waals surface area contributed by atoms with Crippen molar-refractivity contribution < 1.29 is 0 Å². The third-order valence-electron chi connectivity index (χ3n) is 4.18. The molecule has 3 nitrogen and oxygen atoms in total. The molecule has 1 aromatic carbocycles. The highest BCUT2D eigenvalue weighted by Gasteiger charge is 2.20. The van der Waals surface area contributed by atoms with Crippen LogP contribution in [0.1, 0.15) is 37.3 Å². The van der Waals surface area contributed by atoms with Gasteiger partial charge < -0.3 is 16.0 Å². The molecule has 0 amide bonds. The maximum Gasteiger partial charge on any atom is 0.0466 e. The van der Waals surface area contributed by atoms with Crippen molar-refractivity contribution in [3.05, 3.63) is 35.9 Å². The van der Waals surface area contributed by atoms with Crippen LogP contribution in [0, 0.1) is 0 Å². The minimum atomic E-state index is 0.428. The summed E-state index contributed by atoms with van der Waals surface area (Å²) in [5.41, 5.74) is 7.34. The second kappa shape index (κ2) is 7.04. The molecule has 1 aliphatic carbocycles. The van der Waals surface area contributed by atoms with E-state index in [1.54, 1.807) is 0 Å². The van der Waals surface area contributed by atoms with E-state index >= 15 is 0 Å². The lowest BCUT2D eigenvalue weighted by atomic mass is 9.91. The Hall–Kier alpha value is -0.900. The zero-order chi connectivity index (χ0) is 13.7. The molecular weight excluding hydrogens is 234 g/mol. The molecule has 0 saturated heterocycles. The maximum atomic E-state index is 5.96. The molecule has 19 heavy (non-hydrogen) atoms. The second-order valence-electron chi connectivity index (χ2n) is 5.91. The molecule has 106 valence electrons. The van der Waals surface area contributed by atoms with Gasteiger partial charge in [-0.2, -0.15) is 0 Å². The Bertz CT molecular complexity index is 356.